The Morgan fingerprint density at radius 2 is 0.967 bits per heavy atom. The van der Waals surface area contributed by atoms with Gasteiger partial charge in [0.25, 0.3) is 0 Å². The molecule has 4 nitrogen and oxygen atoms in total. The third-order valence-corrected chi connectivity index (χ3v) is 6.45. The molecule has 5 heteroatoms. The average molecular weight is 415 g/mol. The summed E-state index contributed by atoms with van der Waals surface area (Å²) in [6.45, 7) is 0. The predicted molar refractivity (Wildman–Crippen MR) is 121 cm³/mol. The first-order chi connectivity index (χ1) is 14.7. The van der Waals surface area contributed by atoms with Crippen molar-refractivity contribution in [2.24, 2.45) is 0 Å². The Balaban J connectivity index is 1.78. The Labute approximate surface area is 176 Å². The van der Waals surface area contributed by atoms with Crippen LogP contribution in [0.3, 0.4) is 0 Å². The van der Waals surface area contributed by atoms with Gasteiger partial charge in [-0.05, 0) is 42.0 Å². The van der Waals surface area contributed by atoms with E-state index < -0.39 is 13.4 Å². The molecule has 1 N–H and O–H groups in total. The smallest absolute Gasteiger partial charge is 0.414 e. The van der Waals surface area contributed by atoms with Crippen LogP contribution in [0.2, 0.25) is 0 Å². The van der Waals surface area contributed by atoms with Crippen molar-refractivity contribution in [1.82, 2.24) is 0 Å². The highest BCUT2D eigenvalue weighted by molar-refractivity contribution is 7.55. The summed E-state index contributed by atoms with van der Waals surface area (Å²) in [5.41, 5.74) is 1.62. The Kier molecular flexibility index (Phi) is 6.17. The zero-order valence-corrected chi connectivity index (χ0v) is 17.2. The highest BCUT2D eigenvalue weighted by Crippen LogP contribution is 2.60. The number of rotatable bonds is 8. The quantitative estimate of drug-likeness (QED) is 0.311. The van der Waals surface area contributed by atoms with Gasteiger partial charge in [-0.1, -0.05) is 84.9 Å². The van der Waals surface area contributed by atoms with Crippen molar-refractivity contribution in [3.63, 3.8) is 0 Å². The molecule has 150 valence electrons. The van der Waals surface area contributed by atoms with Gasteiger partial charge in [-0.3, -0.25) is 0 Å². The standard InChI is InChI=1S/C25H22NO3P/c27-30(28-23-17-9-3-10-18-23,29-24-19-11-4-12-20-24)25(21-13-5-1-6-14-21)26-22-15-7-2-8-16-22/h1-20,25-26H/t25-/m0/s1. The second-order valence-electron chi connectivity index (χ2n) is 6.67. The van der Waals surface area contributed by atoms with Gasteiger partial charge in [0, 0.05) is 5.69 Å². The van der Waals surface area contributed by atoms with E-state index in [1.54, 1.807) is 24.3 Å². The molecule has 0 amide bonds. The van der Waals surface area contributed by atoms with Crippen molar-refractivity contribution >= 4 is 13.3 Å². The third kappa shape index (κ3) is 4.91. The molecule has 4 aromatic carbocycles. The van der Waals surface area contributed by atoms with Crippen molar-refractivity contribution in [3.8, 4) is 11.5 Å². The first-order valence-corrected chi connectivity index (χ1v) is 11.3. The van der Waals surface area contributed by atoms with Gasteiger partial charge in [0.1, 0.15) is 11.5 Å². The molecule has 0 bridgehead atoms. The number of para-hydroxylation sites is 3. The Hall–Kier alpha value is -3.49. The minimum absolute atomic E-state index is 0.479. The van der Waals surface area contributed by atoms with E-state index in [2.05, 4.69) is 5.32 Å². The lowest BCUT2D eigenvalue weighted by Crippen LogP contribution is -2.18. The summed E-state index contributed by atoms with van der Waals surface area (Å²) in [6.07, 6.45) is 0. The molecule has 4 aromatic rings. The maximum Gasteiger partial charge on any atom is 0.457 e. The van der Waals surface area contributed by atoms with Crippen molar-refractivity contribution < 1.29 is 13.6 Å². The normalized spacial score (nSPS) is 12.0. The fourth-order valence-electron chi connectivity index (χ4n) is 3.05. The summed E-state index contributed by atoms with van der Waals surface area (Å²) >= 11 is 0. The van der Waals surface area contributed by atoms with Crippen LogP contribution in [0.5, 0.6) is 11.5 Å². The third-order valence-electron chi connectivity index (χ3n) is 4.46. The number of benzene rings is 4. The summed E-state index contributed by atoms with van der Waals surface area (Å²) in [5.74, 6) is 0.238. The zero-order chi connectivity index (χ0) is 20.7. The van der Waals surface area contributed by atoms with E-state index in [9.17, 15) is 4.57 Å². The van der Waals surface area contributed by atoms with E-state index in [1.165, 1.54) is 0 Å². The lowest BCUT2D eigenvalue weighted by Gasteiger charge is -2.29. The molecule has 0 aliphatic rings. The summed E-state index contributed by atoms with van der Waals surface area (Å²) < 4.78 is 26.5. The Bertz CT molecular complexity index is 1040. The molecule has 0 saturated heterocycles. The summed E-state index contributed by atoms with van der Waals surface area (Å²) in [7, 11) is -3.77. The highest BCUT2D eigenvalue weighted by Gasteiger charge is 2.41. The van der Waals surface area contributed by atoms with Crippen LogP contribution in [0, 0.1) is 0 Å². The number of nitrogens with one attached hydrogen (secondary N) is 1. The van der Waals surface area contributed by atoms with Crippen LogP contribution in [0.15, 0.2) is 121 Å². The molecule has 4 rings (SSSR count). The van der Waals surface area contributed by atoms with Gasteiger partial charge in [0.2, 0.25) is 0 Å². The fraction of sp³-hybridized carbons (Fsp3) is 0.0400. The molecule has 0 fully saturated rings. The second kappa shape index (κ2) is 9.34. The maximum atomic E-state index is 14.4. The largest absolute Gasteiger partial charge is 0.457 e. The van der Waals surface area contributed by atoms with Crippen LogP contribution in [0.1, 0.15) is 11.3 Å². The van der Waals surface area contributed by atoms with E-state index in [0.29, 0.717) is 11.5 Å². The SMILES string of the molecule is O=P(Oc1ccccc1)(Oc1ccccc1)[C@H](Nc1ccccc1)c1ccccc1. The topological polar surface area (TPSA) is 47.6 Å². The van der Waals surface area contributed by atoms with E-state index in [0.717, 1.165) is 11.3 Å². The zero-order valence-electron chi connectivity index (χ0n) is 16.3. The first kappa shape index (κ1) is 19.8. The summed E-state index contributed by atoms with van der Waals surface area (Å²) in [6, 6.07) is 37.4. The van der Waals surface area contributed by atoms with Gasteiger partial charge in [0.15, 0.2) is 5.78 Å². The van der Waals surface area contributed by atoms with Gasteiger partial charge < -0.3 is 14.4 Å². The van der Waals surface area contributed by atoms with Gasteiger partial charge in [-0.15, -0.1) is 0 Å². The van der Waals surface area contributed by atoms with Crippen LogP contribution in [0.4, 0.5) is 5.69 Å². The number of anilines is 1. The second-order valence-corrected chi connectivity index (χ2v) is 8.63. The summed E-state index contributed by atoms with van der Waals surface area (Å²) in [4.78, 5) is 0. The minimum Gasteiger partial charge on any atom is -0.414 e. The fourth-order valence-corrected chi connectivity index (χ4v) is 4.98. The summed E-state index contributed by atoms with van der Waals surface area (Å²) in [5, 5.41) is 3.36. The molecule has 0 radical (unpaired) electrons. The van der Waals surface area contributed by atoms with Crippen molar-refractivity contribution in [3.05, 3.63) is 127 Å². The van der Waals surface area contributed by atoms with Gasteiger partial charge in [-0.2, -0.15) is 0 Å². The lowest BCUT2D eigenvalue weighted by atomic mass is 10.2. The molecule has 0 aliphatic carbocycles. The minimum atomic E-state index is -3.77. The van der Waals surface area contributed by atoms with Crippen molar-refractivity contribution in [2.75, 3.05) is 5.32 Å². The van der Waals surface area contributed by atoms with Crippen LogP contribution in [-0.4, -0.2) is 0 Å². The molecule has 0 saturated carbocycles. The molecule has 0 spiro atoms. The molecule has 0 aliphatic heterocycles. The predicted octanol–water partition coefficient (Wildman–Crippen LogP) is 7.15. The molecule has 0 unspecified atom stereocenters. The molecular formula is C25H22NO3P. The van der Waals surface area contributed by atoms with Crippen LogP contribution in [0.25, 0.3) is 0 Å². The van der Waals surface area contributed by atoms with Gasteiger partial charge >= 0.3 is 7.60 Å². The van der Waals surface area contributed by atoms with Crippen molar-refractivity contribution in [1.29, 1.82) is 0 Å². The van der Waals surface area contributed by atoms with Crippen LogP contribution >= 0.6 is 7.60 Å². The Morgan fingerprint density at radius 3 is 1.43 bits per heavy atom. The molecule has 0 heterocycles. The highest BCUT2D eigenvalue weighted by atomic mass is 31.2. The van der Waals surface area contributed by atoms with Crippen molar-refractivity contribution in [2.45, 2.75) is 5.78 Å². The monoisotopic (exact) mass is 415 g/mol. The maximum absolute atomic E-state index is 14.4. The van der Waals surface area contributed by atoms with Gasteiger partial charge in [0.05, 0.1) is 0 Å². The molecule has 0 aromatic heterocycles. The van der Waals surface area contributed by atoms with E-state index >= 15 is 0 Å². The molecule has 30 heavy (non-hydrogen) atoms. The van der Waals surface area contributed by atoms with Crippen LogP contribution in [-0.2, 0) is 4.57 Å². The lowest BCUT2D eigenvalue weighted by molar-refractivity contribution is 0.376. The molecular weight excluding hydrogens is 393 g/mol. The van der Waals surface area contributed by atoms with E-state index in [4.69, 9.17) is 9.05 Å². The van der Waals surface area contributed by atoms with Gasteiger partial charge in [-0.25, -0.2) is 4.57 Å². The van der Waals surface area contributed by atoms with E-state index in [1.807, 2.05) is 97.1 Å². The Morgan fingerprint density at radius 1 is 0.567 bits per heavy atom. The number of hydrogen-bond donors (Lipinski definition) is 1. The average Bonchev–Trinajstić information content (AvgIpc) is 2.80. The number of hydrogen-bond acceptors (Lipinski definition) is 4. The van der Waals surface area contributed by atoms with Crippen LogP contribution < -0.4 is 14.4 Å². The molecule has 1 atom stereocenters. The first-order valence-electron chi connectivity index (χ1n) is 9.68. The van der Waals surface area contributed by atoms with E-state index in [-0.39, 0.29) is 0 Å².